The Balaban J connectivity index is 1.49. The first-order valence-corrected chi connectivity index (χ1v) is 15.4. The van der Waals surface area contributed by atoms with Gasteiger partial charge >= 0.3 is 5.97 Å². The van der Waals surface area contributed by atoms with Crippen LogP contribution in [0.5, 0.6) is 5.75 Å². The maximum Gasteiger partial charge on any atom is 0.351 e. The second-order valence-corrected chi connectivity index (χ2v) is 12.2. The topological polar surface area (TPSA) is 246 Å². The van der Waals surface area contributed by atoms with Crippen molar-refractivity contribution in [3.8, 4) is 5.75 Å². The van der Waals surface area contributed by atoms with Crippen LogP contribution in [0.15, 0.2) is 34.9 Å². The molecule has 1 amide bonds. The number of thiazole rings is 1. The number of amides is 1. The number of nitrogen functional groups attached to an aromatic ring is 1. The number of β-lactam (4-membered cyclic amide) rings is 1. The average molecular weight is 654 g/mol. The molecule has 2 atom stereocenters. The number of ether oxygens (including phenoxy) is 1. The van der Waals surface area contributed by atoms with Gasteiger partial charge < -0.3 is 30.7 Å². The average Bonchev–Trinajstić information content (AvgIpc) is 3.52. The van der Waals surface area contributed by atoms with E-state index in [0.29, 0.717) is 17.4 Å². The van der Waals surface area contributed by atoms with E-state index in [2.05, 4.69) is 14.4 Å². The molecular formula is C25H31N7O10S2. The number of nitrogens with two attached hydrogens (primary N) is 2. The molecule has 0 bridgehead atoms. The van der Waals surface area contributed by atoms with E-state index in [1.807, 2.05) is 28.7 Å². The fourth-order valence-corrected chi connectivity index (χ4v) is 5.59. The van der Waals surface area contributed by atoms with Crippen LogP contribution in [0.1, 0.15) is 32.4 Å². The number of ketones is 1. The van der Waals surface area contributed by atoms with E-state index in [9.17, 15) is 32.5 Å². The number of carboxylic acid groups (broad SMARTS) is 1. The quantitative estimate of drug-likeness (QED) is 0.0476. The van der Waals surface area contributed by atoms with Crippen molar-refractivity contribution in [2.75, 3.05) is 18.9 Å². The van der Waals surface area contributed by atoms with Crippen LogP contribution >= 0.6 is 11.3 Å². The van der Waals surface area contributed by atoms with Gasteiger partial charge in [0.2, 0.25) is 16.6 Å². The summed E-state index contributed by atoms with van der Waals surface area (Å²) in [6.45, 7) is 3.59. The number of benzene rings is 1. The highest BCUT2D eigenvalue weighted by molar-refractivity contribution is 7.80. The van der Waals surface area contributed by atoms with Crippen LogP contribution in [0, 0.1) is 5.92 Å². The fraction of sp³-hybridized carbons (Fsp3) is 0.440. The molecule has 1 fully saturated rings. The zero-order chi connectivity index (χ0) is 32.4. The van der Waals surface area contributed by atoms with E-state index in [1.54, 1.807) is 12.1 Å². The third-order valence-corrected chi connectivity index (χ3v) is 8.02. The summed E-state index contributed by atoms with van der Waals surface area (Å²) in [5, 5.41) is 16.2. The summed E-state index contributed by atoms with van der Waals surface area (Å²) in [4.78, 5) is 47.0. The summed E-state index contributed by atoms with van der Waals surface area (Å²) in [5.74, 6) is -3.86. The van der Waals surface area contributed by atoms with Gasteiger partial charge in [-0.3, -0.25) is 9.59 Å². The zero-order valence-corrected chi connectivity index (χ0v) is 25.5. The smallest absolute Gasteiger partial charge is 0.351 e. The largest absolute Gasteiger partial charge is 0.724 e. The molecule has 3 heterocycles. The Hall–Kier alpha value is -4.17. The monoisotopic (exact) mass is 653 g/mol. The number of aryl methyl sites for hydroxylation is 2. The van der Waals surface area contributed by atoms with E-state index in [0.717, 1.165) is 35.2 Å². The molecule has 17 nitrogen and oxygen atoms in total. The van der Waals surface area contributed by atoms with Gasteiger partial charge in [0.25, 0.3) is 12.0 Å². The molecule has 0 spiro atoms. The molecular weight excluding hydrogens is 622 g/mol. The molecule has 3 aromatic rings. The minimum Gasteiger partial charge on any atom is -0.724 e. The highest BCUT2D eigenvalue weighted by Gasteiger charge is 2.57. The van der Waals surface area contributed by atoms with Gasteiger partial charge in [0.05, 0.1) is 23.9 Å². The van der Waals surface area contributed by atoms with Crippen molar-refractivity contribution in [3.05, 3.63) is 35.5 Å². The lowest BCUT2D eigenvalue weighted by Crippen LogP contribution is -2.68. The minimum atomic E-state index is -5.23. The Labute approximate surface area is 255 Å². The van der Waals surface area contributed by atoms with Crippen LogP contribution in [0.3, 0.4) is 0 Å². The lowest BCUT2D eigenvalue weighted by Gasteiger charge is -2.51. The molecule has 238 valence electrons. The summed E-state index contributed by atoms with van der Waals surface area (Å²) in [5.41, 5.74) is 10.4. The number of aromatic nitrogens is 3. The van der Waals surface area contributed by atoms with Crippen molar-refractivity contribution in [3.63, 3.8) is 0 Å². The van der Waals surface area contributed by atoms with E-state index < -0.39 is 64.4 Å². The van der Waals surface area contributed by atoms with Gasteiger partial charge in [-0.1, -0.05) is 5.16 Å². The molecule has 1 aliphatic rings. The van der Waals surface area contributed by atoms with Crippen molar-refractivity contribution < 1.29 is 51.0 Å². The van der Waals surface area contributed by atoms with E-state index in [4.69, 9.17) is 21.0 Å². The number of aliphatic carboxylic acids is 1. The molecule has 1 aromatic carbocycles. The number of nitrogens with zero attached hydrogens (tertiary/aromatic N) is 5. The van der Waals surface area contributed by atoms with Gasteiger partial charge in [0.15, 0.2) is 23.2 Å². The molecule has 2 aromatic heterocycles. The fourth-order valence-electron chi connectivity index (χ4n) is 4.59. The van der Waals surface area contributed by atoms with Crippen molar-refractivity contribution >= 4 is 61.1 Å². The SMILES string of the molecule is Cn1c2ccc(OC[C@H](O/N=C(\C(=O)CC3C(=O)N(OS(=O)(=O)[O-])C3(C)C)c3csc(N)n3)C(=O)O)cc2c[n+]1CCCN. The Morgan fingerprint density at radius 2 is 2.07 bits per heavy atom. The number of carbonyl (C=O) groups excluding carboxylic acids is 2. The molecule has 4 rings (SSSR count). The summed E-state index contributed by atoms with van der Waals surface area (Å²) < 4.78 is 46.8. The highest BCUT2D eigenvalue weighted by atomic mass is 32.3. The molecule has 1 aliphatic heterocycles. The predicted molar refractivity (Wildman–Crippen MR) is 153 cm³/mol. The van der Waals surface area contributed by atoms with Crippen molar-refractivity contribution in [2.45, 2.75) is 44.9 Å². The lowest BCUT2D eigenvalue weighted by atomic mass is 9.74. The van der Waals surface area contributed by atoms with Crippen molar-refractivity contribution in [1.29, 1.82) is 0 Å². The molecule has 1 saturated heterocycles. The maximum absolute atomic E-state index is 13.3. The van der Waals surface area contributed by atoms with Crippen LogP contribution in [0.4, 0.5) is 5.13 Å². The van der Waals surface area contributed by atoms with Gasteiger partial charge in [0.1, 0.15) is 23.6 Å². The number of fused-ring (bicyclic) bond motifs is 1. The number of carboxylic acids is 1. The first-order chi connectivity index (χ1) is 20.6. The van der Waals surface area contributed by atoms with Crippen molar-refractivity contribution in [1.82, 2.24) is 14.7 Å². The maximum atomic E-state index is 13.3. The Morgan fingerprint density at radius 3 is 2.66 bits per heavy atom. The Kier molecular flexibility index (Phi) is 9.54. The van der Waals surface area contributed by atoms with E-state index in [-0.39, 0.29) is 10.8 Å². The lowest BCUT2D eigenvalue weighted by molar-refractivity contribution is -0.771. The van der Waals surface area contributed by atoms with Gasteiger partial charge in [-0.05, 0) is 38.6 Å². The van der Waals surface area contributed by atoms with E-state index in [1.165, 1.54) is 19.2 Å². The van der Waals surface area contributed by atoms with Crippen molar-refractivity contribution in [2.24, 2.45) is 23.9 Å². The molecule has 44 heavy (non-hydrogen) atoms. The number of Topliss-reactive ketones (excluding diaryl/α,β-unsaturated/α-hetero) is 1. The number of anilines is 1. The van der Waals surface area contributed by atoms with Crippen LogP contribution in [-0.4, -0.2) is 81.0 Å². The normalized spacial score (nSPS) is 17.4. The molecule has 0 aliphatic carbocycles. The Morgan fingerprint density at radius 1 is 1.34 bits per heavy atom. The minimum absolute atomic E-state index is 0.0279. The zero-order valence-electron chi connectivity index (χ0n) is 23.9. The molecule has 5 N–H and O–H groups in total. The number of carbonyl (C=O) groups is 3. The third kappa shape index (κ3) is 7.13. The number of hydrogen-bond donors (Lipinski definition) is 3. The first-order valence-electron chi connectivity index (χ1n) is 13.1. The van der Waals surface area contributed by atoms with Gasteiger partial charge in [0, 0.05) is 18.2 Å². The summed E-state index contributed by atoms with van der Waals surface area (Å²) in [7, 11) is -3.33. The van der Waals surface area contributed by atoms with Crippen LogP contribution in [0.2, 0.25) is 0 Å². The van der Waals surface area contributed by atoms with Crippen LogP contribution in [0.25, 0.3) is 10.9 Å². The third-order valence-electron chi connectivity index (χ3n) is 7.02. The number of oxime groups is 1. The molecule has 0 radical (unpaired) electrons. The van der Waals surface area contributed by atoms with Crippen LogP contribution < -0.4 is 20.9 Å². The standard InChI is InChI=1S/C25H31N7O10S2/c1-25(2)16(22(34)32(25)42-44(37,38)39)10-19(33)21(17-13-43-24(27)28-17)29-41-20(23(35)36)12-40-15-5-6-18-14(9-15)11-31(30(18)3)8-4-7-26/h5-6,9,11,13,16,20H,4,7-8,10,12,26H2,1-3H3,(H3-,27,28,35,36,37,38,39)/b29-21-/t16?,20-/m0/s1. The Bertz CT molecular complexity index is 1720. The van der Waals surface area contributed by atoms with E-state index >= 15 is 0 Å². The number of hydroxylamine groups is 2. The summed E-state index contributed by atoms with van der Waals surface area (Å²) >= 11 is 0.983. The summed E-state index contributed by atoms with van der Waals surface area (Å²) in [6.07, 6.45) is 0.550. The van der Waals surface area contributed by atoms with Crippen LogP contribution in [-0.2, 0) is 47.5 Å². The number of rotatable bonds is 15. The number of hydrogen-bond acceptors (Lipinski definition) is 14. The first kappa shape index (κ1) is 32.7. The predicted octanol–water partition coefficient (Wildman–Crippen LogP) is -0.306. The van der Waals surface area contributed by atoms with Gasteiger partial charge in [-0.2, -0.15) is 14.0 Å². The molecule has 0 saturated carbocycles. The second kappa shape index (κ2) is 12.8. The summed E-state index contributed by atoms with van der Waals surface area (Å²) in [6, 6.07) is 5.24. The molecule has 1 unspecified atom stereocenters. The highest BCUT2D eigenvalue weighted by Crippen LogP contribution is 2.40. The molecule has 19 heteroatoms. The van der Waals surface area contributed by atoms with Gasteiger partial charge in [-0.25, -0.2) is 18.2 Å². The van der Waals surface area contributed by atoms with Gasteiger partial charge in [-0.15, -0.1) is 16.0 Å². The second-order valence-electron chi connectivity index (χ2n) is 10.4.